The van der Waals surface area contributed by atoms with Crippen LogP contribution in [-0.2, 0) is 47.0 Å². The van der Waals surface area contributed by atoms with Crippen molar-refractivity contribution in [3.8, 4) is 0 Å². The topological polar surface area (TPSA) is 186 Å². The fourth-order valence-electron chi connectivity index (χ4n) is 3.53. The van der Waals surface area contributed by atoms with Gasteiger partial charge in [-0.3, -0.25) is 9.97 Å². The van der Waals surface area contributed by atoms with Crippen LogP contribution in [0.25, 0.3) is 0 Å². The molecule has 0 saturated heterocycles. The van der Waals surface area contributed by atoms with E-state index in [1.165, 1.54) is 59.7 Å². The van der Waals surface area contributed by atoms with E-state index < -0.39 is 23.9 Å². The van der Waals surface area contributed by atoms with Crippen LogP contribution in [0.2, 0.25) is 0 Å². The second kappa shape index (κ2) is 31.8. The number of rotatable bonds is 6. The summed E-state index contributed by atoms with van der Waals surface area (Å²) < 4.78 is 0. The first-order chi connectivity index (χ1) is 25.1. The van der Waals surface area contributed by atoms with Gasteiger partial charge in [0.25, 0.3) is 0 Å². The maximum Gasteiger partial charge on any atom is 2.00 e. The van der Waals surface area contributed by atoms with Crippen molar-refractivity contribution in [3.63, 3.8) is 0 Å². The van der Waals surface area contributed by atoms with E-state index in [0.717, 1.165) is 12.8 Å². The molecular formula is C42H38Cu2N2O8. The van der Waals surface area contributed by atoms with Crippen molar-refractivity contribution in [2.45, 2.75) is 26.7 Å². The van der Waals surface area contributed by atoms with Crippen molar-refractivity contribution in [1.82, 2.24) is 9.97 Å². The molecule has 12 heteroatoms. The molecule has 2 radical (unpaired) electrons. The molecule has 0 aliphatic rings. The number of aromatic nitrogens is 2. The minimum absolute atomic E-state index is 0. The predicted octanol–water partition coefficient (Wildman–Crippen LogP) is 3.48. The number of nitrogens with zero attached hydrogens (tertiary/aromatic N) is 2. The van der Waals surface area contributed by atoms with Crippen molar-refractivity contribution >= 4 is 23.9 Å². The number of hydrogen-bond donors (Lipinski definition) is 0. The second-order valence-corrected chi connectivity index (χ2v) is 10.0. The van der Waals surface area contributed by atoms with Crippen molar-refractivity contribution in [2.75, 3.05) is 0 Å². The summed E-state index contributed by atoms with van der Waals surface area (Å²) in [4.78, 5) is 48.1. The molecule has 2 heterocycles. The van der Waals surface area contributed by atoms with Crippen LogP contribution in [-0.4, -0.2) is 33.8 Å². The predicted molar refractivity (Wildman–Crippen MR) is 190 cm³/mol. The van der Waals surface area contributed by atoms with E-state index in [0.29, 0.717) is 0 Å². The number of aromatic carboxylic acids is 4. The smallest absolute Gasteiger partial charge is 0.545 e. The normalized spacial score (nSPS) is 8.63. The molecule has 0 fully saturated rings. The molecule has 0 spiro atoms. The average Bonchev–Trinajstić information content (AvgIpc) is 3.21. The summed E-state index contributed by atoms with van der Waals surface area (Å²) in [6.45, 7) is 4.27. The maximum absolute atomic E-state index is 10.1. The fraction of sp³-hybridized carbons (Fsp3) is 0.0952. The third-order valence-electron chi connectivity index (χ3n) is 6.35. The van der Waals surface area contributed by atoms with E-state index in [2.05, 4.69) is 23.8 Å². The Kier molecular flexibility index (Phi) is 29.6. The number of carboxylic acids is 4. The molecule has 6 aromatic rings. The number of pyridine rings is 2. The van der Waals surface area contributed by atoms with Crippen LogP contribution in [0, 0.1) is 0 Å². The monoisotopic (exact) mass is 824 g/mol. The van der Waals surface area contributed by atoms with Gasteiger partial charge < -0.3 is 39.6 Å². The van der Waals surface area contributed by atoms with Gasteiger partial charge in [0.1, 0.15) is 0 Å². The molecule has 4 aromatic carbocycles. The van der Waals surface area contributed by atoms with E-state index in [1.54, 1.807) is 72.8 Å². The van der Waals surface area contributed by atoms with Gasteiger partial charge in [0.05, 0.1) is 23.9 Å². The molecule has 0 aliphatic heterocycles. The van der Waals surface area contributed by atoms with Gasteiger partial charge in [0.15, 0.2) is 0 Å². The summed E-state index contributed by atoms with van der Waals surface area (Å²) in [7, 11) is 0. The van der Waals surface area contributed by atoms with Gasteiger partial charge in [0.2, 0.25) is 0 Å². The SMILES string of the molecule is CCc1ccncc1.CCc1ccncc1.O=C([O-])c1ccccc1.O=C([O-])c1ccccc1.O=C([O-])c1ccccc1.O=C([O-])c1ccccc1.[Cu+2].[Cu+2]. The molecule has 286 valence electrons. The van der Waals surface area contributed by atoms with Gasteiger partial charge in [-0.15, -0.1) is 0 Å². The van der Waals surface area contributed by atoms with Crippen LogP contribution < -0.4 is 20.4 Å². The third-order valence-corrected chi connectivity index (χ3v) is 6.35. The number of aryl methyl sites for hydroxylation is 2. The van der Waals surface area contributed by atoms with Crippen molar-refractivity contribution in [3.05, 3.63) is 204 Å². The van der Waals surface area contributed by atoms with Crippen LogP contribution in [0.5, 0.6) is 0 Å². The number of carbonyl (C=O) groups is 4. The Balaban J connectivity index is 0. The van der Waals surface area contributed by atoms with Gasteiger partial charge in [-0.25, -0.2) is 0 Å². The maximum atomic E-state index is 10.1. The third kappa shape index (κ3) is 24.3. The number of carboxylic acid groups (broad SMARTS) is 4. The fourth-order valence-corrected chi connectivity index (χ4v) is 3.53. The number of carbonyl (C=O) groups excluding carboxylic acids is 4. The molecule has 6 rings (SSSR count). The summed E-state index contributed by atoms with van der Waals surface area (Å²) in [6, 6.07) is 40.4. The largest absolute Gasteiger partial charge is 2.00 e. The Morgan fingerprint density at radius 1 is 0.370 bits per heavy atom. The van der Waals surface area contributed by atoms with Crippen LogP contribution in [0.1, 0.15) is 66.4 Å². The Labute approximate surface area is 336 Å². The molecule has 10 nitrogen and oxygen atoms in total. The van der Waals surface area contributed by atoms with Gasteiger partial charge in [0, 0.05) is 24.8 Å². The molecule has 0 bridgehead atoms. The van der Waals surface area contributed by atoms with E-state index in [1.807, 2.05) is 49.1 Å². The first kappa shape index (κ1) is 50.2. The van der Waals surface area contributed by atoms with Gasteiger partial charge in [-0.1, -0.05) is 135 Å². The van der Waals surface area contributed by atoms with Gasteiger partial charge >= 0.3 is 34.1 Å². The second-order valence-electron chi connectivity index (χ2n) is 10.0. The standard InChI is InChI=1S/2C7H9N.4C7H6O2.2Cu/c2*1-2-7-3-5-8-6-4-7;4*8-7(9)6-4-2-1-3-5-6;;/h2*3-6H,2H2,1H3;4*1-5H,(H,8,9);;/q;;;;;;2*+2/p-4. The molecule has 0 N–H and O–H groups in total. The zero-order valence-electron chi connectivity index (χ0n) is 29.3. The van der Waals surface area contributed by atoms with Crippen molar-refractivity contribution in [2.24, 2.45) is 0 Å². The summed E-state index contributed by atoms with van der Waals surface area (Å²) in [5, 5.41) is 40.4. The van der Waals surface area contributed by atoms with Crippen LogP contribution in [0.3, 0.4) is 0 Å². The zero-order chi connectivity index (χ0) is 38.4. The molecule has 54 heavy (non-hydrogen) atoms. The van der Waals surface area contributed by atoms with E-state index in [4.69, 9.17) is 0 Å². The van der Waals surface area contributed by atoms with Gasteiger partial charge in [-0.05, 0) is 70.5 Å². The van der Waals surface area contributed by atoms with Gasteiger partial charge in [-0.2, -0.15) is 0 Å². The zero-order valence-corrected chi connectivity index (χ0v) is 31.2. The molecule has 0 atom stereocenters. The minimum atomic E-state index is -1.13. The Morgan fingerprint density at radius 3 is 0.667 bits per heavy atom. The number of hydrogen-bond acceptors (Lipinski definition) is 10. The average molecular weight is 826 g/mol. The number of benzene rings is 4. The van der Waals surface area contributed by atoms with Crippen molar-refractivity contribution in [1.29, 1.82) is 0 Å². The van der Waals surface area contributed by atoms with Crippen LogP contribution >= 0.6 is 0 Å². The van der Waals surface area contributed by atoms with Crippen molar-refractivity contribution < 1.29 is 73.7 Å². The Morgan fingerprint density at radius 2 is 0.556 bits per heavy atom. The quantitative estimate of drug-likeness (QED) is 0.225. The summed E-state index contributed by atoms with van der Waals surface area (Å²) >= 11 is 0. The first-order valence-corrected chi connectivity index (χ1v) is 15.9. The molecular weight excluding hydrogens is 788 g/mol. The summed E-state index contributed by atoms with van der Waals surface area (Å²) in [5.74, 6) is -4.52. The van der Waals surface area contributed by atoms with Crippen LogP contribution in [0.15, 0.2) is 170 Å². The molecule has 0 saturated carbocycles. The molecule has 0 aliphatic carbocycles. The molecule has 0 amide bonds. The van der Waals surface area contributed by atoms with Crippen LogP contribution in [0.4, 0.5) is 0 Å². The first-order valence-electron chi connectivity index (χ1n) is 15.9. The van der Waals surface area contributed by atoms with E-state index in [-0.39, 0.29) is 56.4 Å². The van der Waals surface area contributed by atoms with E-state index in [9.17, 15) is 39.6 Å². The summed E-state index contributed by atoms with van der Waals surface area (Å²) in [6.07, 6.45) is 9.47. The Hall–Kier alpha value is -5.90. The van der Waals surface area contributed by atoms with E-state index >= 15 is 0 Å². The Bertz CT molecular complexity index is 1600. The molecule has 0 unspecified atom stereocenters. The summed E-state index contributed by atoms with van der Waals surface area (Å²) in [5.41, 5.74) is 3.57. The minimum Gasteiger partial charge on any atom is -0.545 e. The molecule has 2 aromatic heterocycles.